The Morgan fingerprint density at radius 2 is 1.92 bits per heavy atom. The van der Waals surface area contributed by atoms with Crippen LogP contribution in [0, 0.1) is 0 Å². The van der Waals surface area contributed by atoms with Crippen molar-refractivity contribution >= 4 is 5.84 Å². The van der Waals surface area contributed by atoms with Gasteiger partial charge in [-0.2, -0.15) is 0 Å². The molecular formula is C8H7N4O. The molecule has 0 saturated carbocycles. The Balaban J connectivity index is 2.27. The Labute approximate surface area is 74.8 Å². The average molecular weight is 175 g/mol. The standard InChI is InChI=1S/C8H7N4O/c13-5-6-1-3-7(4-2-6)8-9-11-12-10-8/h1-4,13H,5H2. The van der Waals surface area contributed by atoms with Crippen molar-refractivity contribution in [1.82, 2.24) is 5.53 Å². The summed E-state index contributed by atoms with van der Waals surface area (Å²) >= 11 is 0. The monoisotopic (exact) mass is 175 g/mol. The fourth-order valence-corrected chi connectivity index (χ4v) is 1.02. The number of rotatable bonds is 2. The van der Waals surface area contributed by atoms with E-state index < -0.39 is 0 Å². The van der Waals surface area contributed by atoms with Gasteiger partial charge in [0.25, 0.3) is 0 Å². The van der Waals surface area contributed by atoms with E-state index in [1.165, 1.54) is 0 Å². The van der Waals surface area contributed by atoms with E-state index in [0.29, 0.717) is 5.84 Å². The van der Waals surface area contributed by atoms with Crippen molar-refractivity contribution in [3.8, 4) is 0 Å². The molecule has 0 atom stereocenters. The summed E-state index contributed by atoms with van der Waals surface area (Å²) in [5.41, 5.74) is 5.09. The molecule has 0 bridgehead atoms. The third-order valence-corrected chi connectivity index (χ3v) is 1.71. The topological polar surface area (TPSA) is 71.4 Å². The van der Waals surface area contributed by atoms with Crippen molar-refractivity contribution in [1.29, 1.82) is 0 Å². The van der Waals surface area contributed by atoms with Crippen LogP contribution in [0.25, 0.3) is 0 Å². The summed E-state index contributed by atoms with van der Waals surface area (Å²) in [7, 11) is 0. The largest absolute Gasteiger partial charge is 0.392 e. The molecule has 5 heteroatoms. The first-order chi connectivity index (χ1) is 6.40. The Morgan fingerprint density at radius 1 is 1.15 bits per heavy atom. The summed E-state index contributed by atoms with van der Waals surface area (Å²) in [6.45, 7) is 0.0403. The number of benzene rings is 1. The van der Waals surface area contributed by atoms with Gasteiger partial charge in [-0.15, -0.1) is 10.2 Å². The predicted molar refractivity (Wildman–Crippen MR) is 45.9 cm³/mol. The van der Waals surface area contributed by atoms with Crippen molar-refractivity contribution in [2.75, 3.05) is 0 Å². The summed E-state index contributed by atoms with van der Waals surface area (Å²) in [4.78, 5) is 0. The van der Waals surface area contributed by atoms with Crippen LogP contribution in [-0.2, 0) is 6.61 Å². The maximum absolute atomic E-state index is 8.80. The second-order valence-electron chi connectivity index (χ2n) is 2.56. The van der Waals surface area contributed by atoms with Gasteiger partial charge >= 0.3 is 0 Å². The van der Waals surface area contributed by atoms with Gasteiger partial charge in [0, 0.05) is 5.56 Å². The van der Waals surface area contributed by atoms with Crippen LogP contribution >= 0.6 is 0 Å². The summed E-state index contributed by atoms with van der Waals surface area (Å²) in [5.74, 6) is 0.504. The van der Waals surface area contributed by atoms with E-state index in [0.717, 1.165) is 11.1 Å². The minimum Gasteiger partial charge on any atom is -0.392 e. The molecule has 1 aromatic rings. The number of aliphatic hydroxyl groups is 1. The first-order valence-corrected chi connectivity index (χ1v) is 3.79. The van der Waals surface area contributed by atoms with Crippen molar-refractivity contribution in [3.63, 3.8) is 0 Å². The fraction of sp³-hybridized carbons (Fsp3) is 0.125. The average Bonchev–Trinajstić information content (AvgIpc) is 2.71. The van der Waals surface area contributed by atoms with Gasteiger partial charge in [-0.3, -0.25) is 0 Å². The van der Waals surface area contributed by atoms with E-state index in [-0.39, 0.29) is 6.61 Å². The van der Waals surface area contributed by atoms with Gasteiger partial charge in [0.2, 0.25) is 5.84 Å². The minimum absolute atomic E-state index is 0.0403. The molecule has 0 fully saturated rings. The molecule has 13 heavy (non-hydrogen) atoms. The van der Waals surface area contributed by atoms with Crippen molar-refractivity contribution < 1.29 is 5.11 Å². The van der Waals surface area contributed by atoms with Crippen LogP contribution in [0.15, 0.2) is 39.7 Å². The highest BCUT2D eigenvalue weighted by atomic mass is 16.3. The van der Waals surface area contributed by atoms with Gasteiger partial charge < -0.3 is 5.11 Å². The molecule has 0 saturated heterocycles. The maximum Gasteiger partial charge on any atom is 0.207 e. The molecule has 1 aromatic carbocycles. The molecule has 1 N–H and O–H groups in total. The molecule has 1 aliphatic rings. The first-order valence-electron chi connectivity index (χ1n) is 3.79. The van der Waals surface area contributed by atoms with Crippen LogP contribution < -0.4 is 5.53 Å². The Hall–Kier alpha value is -1.75. The van der Waals surface area contributed by atoms with E-state index in [2.05, 4.69) is 21.0 Å². The normalized spacial score (nSPS) is 14.1. The molecule has 0 unspecified atom stereocenters. The van der Waals surface area contributed by atoms with E-state index in [1.807, 2.05) is 24.3 Å². The summed E-state index contributed by atoms with van der Waals surface area (Å²) in [5, 5.41) is 19.6. The lowest BCUT2D eigenvalue weighted by Gasteiger charge is -1.97. The highest BCUT2D eigenvalue weighted by molar-refractivity contribution is 5.99. The molecular weight excluding hydrogens is 168 g/mol. The van der Waals surface area contributed by atoms with Gasteiger partial charge in [0.05, 0.1) is 6.61 Å². The number of amidine groups is 1. The van der Waals surface area contributed by atoms with Gasteiger partial charge in [-0.05, 0) is 16.3 Å². The Kier molecular flexibility index (Phi) is 2.01. The Morgan fingerprint density at radius 3 is 2.46 bits per heavy atom. The SMILES string of the molecule is OCc1ccc(C2=N[N]N=N2)cc1. The van der Waals surface area contributed by atoms with Gasteiger partial charge in [-0.25, -0.2) is 0 Å². The fourth-order valence-electron chi connectivity index (χ4n) is 1.02. The number of hydrogen-bond acceptors (Lipinski definition) is 4. The summed E-state index contributed by atoms with van der Waals surface area (Å²) in [6, 6.07) is 7.27. The lowest BCUT2D eigenvalue weighted by Crippen LogP contribution is -1.94. The molecule has 0 aromatic heterocycles. The molecule has 65 valence electrons. The molecule has 5 nitrogen and oxygen atoms in total. The summed E-state index contributed by atoms with van der Waals surface area (Å²) < 4.78 is 0. The second-order valence-corrected chi connectivity index (χ2v) is 2.56. The molecule has 2 rings (SSSR count). The van der Waals surface area contributed by atoms with E-state index in [9.17, 15) is 0 Å². The predicted octanol–water partition coefficient (Wildman–Crippen LogP) is 0.826. The zero-order chi connectivity index (χ0) is 9.10. The quantitative estimate of drug-likeness (QED) is 0.710. The van der Waals surface area contributed by atoms with Crippen LogP contribution in [0.3, 0.4) is 0 Å². The zero-order valence-corrected chi connectivity index (χ0v) is 6.75. The lowest BCUT2D eigenvalue weighted by molar-refractivity contribution is 0.282. The highest BCUT2D eigenvalue weighted by Gasteiger charge is 2.06. The van der Waals surface area contributed by atoms with Crippen molar-refractivity contribution in [2.24, 2.45) is 15.4 Å². The lowest BCUT2D eigenvalue weighted by atomic mass is 10.1. The number of hydrogen-bond donors (Lipinski definition) is 1. The van der Waals surface area contributed by atoms with Crippen LogP contribution in [0.5, 0.6) is 0 Å². The van der Waals surface area contributed by atoms with Crippen LogP contribution in [0.2, 0.25) is 0 Å². The van der Waals surface area contributed by atoms with Crippen molar-refractivity contribution in [3.05, 3.63) is 35.4 Å². The molecule has 1 radical (unpaired) electrons. The first kappa shape index (κ1) is 7.88. The Bertz CT molecular complexity index is 355. The van der Waals surface area contributed by atoms with E-state index >= 15 is 0 Å². The highest BCUT2D eigenvalue weighted by Crippen LogP contribution is 2.08. The number of aliphatic hydroxyl groups excluding tert-OH is 1. The van der Waals surface area contributed by atoms with Crippen LogP contribution in [-0.4, -0.2) is 10.9 Å². The maximum atomic E-state index is 8.80. The summed E-state index contributed by atoms with van der Waals surface area (Å²) in [6.07, 6.45) is 0. The van der Waals surface area contributed by atoms with Gasteiger partial charge in [-0.1, -0.05) is 24.3 Å². The third kappa shape index (κ3) is 1.54. The molecule has 1 aliphatic heterocycles. The van der Waals surface area contributed by atoms with E-state index in [1.54, 1.807) is 0 Å². The smallest absolute Gasteiger partial charge is 0.207 e. The van der Waals surface area contributed by atoms with Crippen LogP contribution in [0.4, 0.5) is 0 Å². The van der Waals surface area contributed by atoms with Gasteiger partial charge in [0.15, 0.2) is 0 Å². The molecule has 0 spiro atoms. The second kappa shape index (κ2) is 3.32. The molecule has 0 aliphatic carbocycles. The number of nitrogens with zero attached hydrogens (tertiary/aromatic N) is 4. The van der Waals surface area contributed by atoms with Crippen LogP contribution in [0.1, 0.15) is 11.1 Å². The molecule has 0 amide bonds. The zero-order valence-electron chi connectivity index (χ0n) is 6.75. The molecule has 1 heterocycles. The van der Waals surface area contributed by atoms with E-state index in [4.69, 9.17) is 5.11 Å². The van der Waals surface area contributed by atoms with Crippen molar-refractivity contribution in [2.45, 2.75) is 6.61 Å². The minimum atomic E-state index is 0.0403. The van der Waals surface area contributed by atoms with Gasteiger partial charge in [0.1, 0.15) is 0 Å². The third-order valence-electron chi connectivity index (χ3n) is 1.71.